The van der Waals surface area contributed by atoms with Crippen molar-refractivity contribution in [1.29, 1.82) is 0 Å². The summed E-state index contributed by atoms with van der Waals surface area (Å²) >= 11 is 0. The van der Waals surface area contributed by atoms with Gasteiger partial charge in [0.05, 0.1) is 4.92 Å². The molecular weight excluding hydrogens is 274 g/mol. The maximum atomic E-state index is 11.6. The van der Waals surface area contributed by atoms with E-state index in [-0.39, 0.29) is 24.0 Å². The maximum Gasteiger partial charge on any atom is 0.311 e. The van der Waals surface area contributed by atoms with E-state index in [1.54, 1.807) is 13.1 Å². The Labute approximate surface area is 122 Å². The number of nitrogens with zero attached hydrogens (tertiary/aromatic N) is 1. The van der Waals surface area contributed by atoms with Gasteiger partial charge in [-0.2, -0.15) is 0 Å². The zero-order valence-corrected chi connectivity index (χ0v) is 11.9. The molecule has 7 nitrogen and oxygen atoms in total. The minimum Gasteiger partial charge on any atom is -0.477 e. The van der Waals surface area contributed by atoms with Crippen LogP contribution in [0.4, 0.5) is 5.69 Å². The lowest BCUT2D eigenvalue weighted by Gasteiger charge is -2.08. The van der Waals surface area contributed by atoms with Gasteiger partial charge in [0.2, 0.25) is 0 Å². The van der Waals surface area contributed by atoms with E-state index in [0.717, 1.165) is 18.4 Å². The molecule has 1 aromatic rings. The molecule has 0 unspecified atom stereocenters. The number of rotatable bonds is 8. The number of nitro groups is 1. The summed E-state index contributed by atoms with van der Waals surface area (Å²) < 4.78 is 5.27. The Morgan fingerprint density at radius 1 is 1.48 bits per heavy atom. The van der Waals surface area contributed by atoms with Gasteiger partial charge in [0.15, 0.2) is 12.4 Å². The van der Waals surface area contributed by atoms with Gasteiger partial charge in [-0.3, -0.25) is 14.9 Å². The van der Waals surface area contributed by atoms with E-state index >= 15 is 0 Å². The zero-order valence-electron chi connectivity index (χ0n) is 11.9. The van der Waals surface area contributed by atoms with Crippen LogP contribution in [0.15, 0.2) is 18.2 Å². The Bertz CT molecular complexity index is 529. The molecule has 0 bridgehead atoms. The van der Waals surface area contributed by atoms with Gasteiger partial charge < -0.3 is 15.4 Å². The van der Waals surface area contributed by atoms with E-state index in [1.807, 2.05) is 0 Å². The average Bonchev–Trinajstić information content (AvgIpc) is 3.28. The van der Waals surface area contributed by atoms with E-state index in [4.69, 9.17) is 4.74 Å². The highest BCUT2D eigenvalue weighted by Gasteiger charge is 2.22. The molecule has 1 fully saturated rings. The first-order valence-electron chi connectivity index (χ1n) is 6.91. The van der Waals surface area contributed by atoms with Crippen molar-refractivity contribution >= 4 is 11.6 Å². The molecule has 0 aromatic heterocycles. The molecule has 2 rings (SSSR count). The molecule has 1 aliphatic carbocycles. The Hall–Kier alpha value is -2.15. The van der Waals surface area contributed by atoms with Crippen molar-refractivity contribution in [3.63, 3.8) is 0 Å². The molecule has 21 heavy (non-hydrogen) atoms. The lowest BCUT2D eigenvalue weighted by Crippen LogP contribution is -2.30. The highest BCUT2D eigenvalue weighted by Crippen LogP contribution is 2.28. The predicted molar refractivity (Wildman–Crippen MR) is 77.1 cm³/mol. The van der Waals surface area contributed by atoms with Gasteiger partial charge in [-0.25, -0.2) is 0 Å². The van der Waals surface area contributed by atoms with Crippen molar-refractivity contribution < 1.29 is 14.5 Å². The highest BCUT2D eigenvalue weighted by molar-refractivity contribution is 5.77. The summed E-state index contributed by atoms with van der Waals surface area (Å²) in [4.78, 5) is 22.1. The summed E-state index contributed by atoms with van der Waals surface area (Å²) in [5.41, 5.74) is 0.660. The van der Waals surface area contributed by atoms with Crippen LogP contribution in [0.25, 0.3) is 0 Å². The van der Waals surface area contributed by atoms with Gasteiger partial charge in [-0.1, -0.05) is 6.07 Å². The van der Waals surface area contributed by atoms with Gasteiger partial charge >= 0.3 is 5.69 Å². The fourth-order valence-corrected chi connectivity index (χ4v) is 1.92. The normalized spacial score (nSPS) is 13.8. The Kier molecular flexibility index (Phi) is 5.10. The monoisotopic (exact) mass is 293 g/mol. The zero-order chi connectivity index (χ0) is 15.2. The van der Waals surface area contributed by atoms with Crippen molar-refractivity contribution in [3.8, 4) is 5.75 Å². The van der Waals surface area contributed by atoms with Gasteiger partial charge in [-0.15, -0.1) is 0 Å². The van der Waals surface area contributed by atoms with Crippen LogP contribution >= 0.6 is 0 Å². The van der Waals surface area contributed by atoms with Crippen LogP contribution in [0.5, 0.6) is 5.75 Å². The minimum absolute atomic E-state index is 0.112. The molecule has 0 aliphatic heterocycles. The number of carbonyl (C=O) groups excluding carboxylic acids is 1. The lowest BCUT2D eigenvalue weighted by atomic mass is 10.2. The topological polar surface area (TPSA) is 93.5 Å². The summed E-state index contributed by atoms with van der Waals surface area (Å²) in [5, 5.41) is 16.7. The minimum atomic E-state index is -0.503. The standard InChI is InChI=1S/C14H19N3O4/c1-15-7-11-4-5-13(12(6-11)17(19)20)21-9-14(18)16-8-10-2-3-10/h4-6,10,15H,2-3,7-9H2,1H3,(H,16,18). The molecule has 0 radical (unpaired) electrons. The largest absolute Gasteiger partial charge is 0.477 e. The first-order chi connectivity index (χ1) is 10.1. The summed E-state index contributed by atoms with van der Waals surface area (Å²) in [7, 11) is 1.76. The highest BCUT2D eigenvalue weighted by atomic mass is 16.6. The van der Waals surface area contributed by atoms with Crippen LogP contribution in [0.3, 0.4) is 0 Å². The lowest BCUT2D eigenvalue weighted by molar-refractivity contribution is -0.385. The van der Waals surface area contributed by atoms with Crippen LogP contribution in [-0.2, 0) is 11.3 Å². The third kappa shape index (κ3) is 4.71. The van der Waals surface area contributed by atoms with Crippen molar-refractivity contribution in [1.82, 2.24) is 10.6 Å². The van der Waals surface area contributed by atoms with Gasteiger partial charge in [0.1, 0.15) is 0 Å². The average molecular weight is 293 g/mol. The molecule has 7 heteroatoms. The van der Waals surface area contributed by atoms with Crippen LogP contribution < -0.4 is 15.4 Å². The number of amides is 1. The molecule has 2 N–H and O–H groups in total. The first kappa shape index (κ1) is 15.2. The smallest absolute Gasteiger partial charge is 0.311 e. The van der Waals surface area contributed by atoms with Crippen molar-refractivity contribution in [2.75, 3.05) is 20.2 Å². The second kappa shape index (κ2) is 7.03. The van der Waals surface area contributed by atoms with Crippen LogP contribution in [-0.4, -0.2) is 31.0 Å². The maximum absolute atomic E-state index is 11.6. The van der Waals surface area contributed by atoms with E-state index < -0.39 is 4.92 Å². The first-order valence-corrected chi connectivity index (χ1v) is 6.91. The quantitative estimate of drug-likeness (QED) is 0.555. The van der Waals surface area contributed by atoms with E-state index in [9.17, 15) is 14.9 Å². The third-order valence-electron chi connectivity index (χ3n) is 3.24. The summed E-state index contributed by atoms with van der Waals surface area (Å²) in [5.74, 6) is 0.445. The third-order valence-corrected chi connectivity index (χ3v) is 3.24. The molecule has 0 spiro atoms. The number of carbonyl (C=O) groups is 1. The molecule has 1 saturated carbocycles. The van der Waals surface area contributed by atoms with Gasteiger partial charge in [-0.05, 0) is 37.4 Å². The number of nitrogens with one attached hydrogen (secondary N) is 2. The number of hydrogen-bond donors (Lipinski definition) is 2. The Morgan fingerprint density at radius 2 is 2.24 bits per heavy atom. The van der Waals surface area contributed by atoms with E-state index in [1.165, 1.54) is 12.1 Å². The van der Waals surface area contributed by atoms with Crippen molar-refractivity contribution in [2.45, 2.75) is 19.4 Å². The molecule has 0 saturated heterocycles. The molecule has 114 valence electrons. The van der Waals surface area contributed by atoms with Crippen molar-refractivity contribution in [2.24, 2.45) is 5.92 Å². The predicted octanol–water partition coefficient (Wildman–Crippen LogP) is 1.22. The molecular formula is C14H19N3O4. The number of benzene rings is 1. The van der Waals surface area contributed by atoms with Crippen LogP contribution in [0, 0.1) is 16.0 Å². The summed E-state index contributed by atoms with van der Waals surface area (Å²) in [6, 6.07) is 4.72. The molecule has 1 amide bonds. The second-order valence-electron chi connectivity index (χ2n) is 5.13. The summed E-state index contributed by atoms with van der Waals surface area (Å²) in [6.07, 6.45) is 2.30. The summed E-state index contributed by atoms with van der Waals surface area (Å²) in [6.45, 7) is 0.979. The van der Waals surface area contributed by atoms with Crippen molar-refractivity contribution in [3.05, 3.63) is 33.9 Å². The number of nitro benzene ring substituents is 1. The Balaban J connectivity index is 1.94. The molecule has 1 aliphatic rings. The van der Waals surface area contributed by atoms with E-state index in [0.29, 0.717) is 19.0 Å². The van der Waals surface area contributed by atoms with Gasteiger partial charge in [0, 0.05) is 19.2 Å². The van der Waals surface area contributed by atoms with E-state index in [2.05, 4.69) is 10.6 Å². The number of hydrogen-bond acceptors (Lipinski definition) is 5. The van der Waals surface area contributed by atoms with Crippen LogP contribution in [0.1, 0.15) is 18.4 Å². The SMILES string of the molecule is CNCc1ccc(OCC(=O)NCC2CC2)c([N+](=O)[O-])c1. The molecule has 0 heterocycles. The molecule has 0 atom stereocenters. The number of ether oxygens (including phenoxy) is 1. The fourth-order valence-electron chi connectivity index (χ4n) is 1.92. The van der Waals surface area contributed by atoms with Crippen LogP contribution in [0.2, 0.25) is 0 Å². The van der Waals surface area contributed by atoms with Gasteiger partial charge in [0.25, 0.3) is 5.91 Å². The fraction of sp³-hybridized carbons (Fsp3) is 0.500. The molecule has 1 aromatic carbocycles. The second-order valence-corrected chi connectivity index (χ2v) is 5.13. The Morgan fingerprint density at radius 3 is 2.86 bits per heavy atom.